The number of para-hydroxylation sites is 2. The lowest BCUT2D eigenvalue weighted by Gasteiger charge is -2.32. The number of ether oxygens (including phenoxy) is 2. The van der Waals surface area contributed by atoms with Gasteiger partial charge in [-0.3, -0.25) is 4.79 Å². The van der Waals surface area contributed by atoms with E-state index >= 15 is 0 Å². The van der Waals surface area contributed by atoms with Gasteiger partial charge in [-0.05, 0) is 29.8 Å². The molecule has 1 aliphatic carbocycles. The van der Waals surface area contributed by atoms with Gasteiger partial charge in [-0.1, -0.05) is 24.3 Å². The Morgan fingerprint density at radius 2 is 1.91 bits per heavy atom. The molecule has 0 spiro atoms. The zero-order valence-corrected chi connectivity index (χ0v) is 12.3. The number of methoxy groups -OCH3 is 1. The highest BCUT2D eigenvalue weighted by Crippen LogP contribution is 2.42. The van der Waals surface area contributed by atoms with Crippen LogP contribution in [0.15, 0.2) is 48.5 Å². The van der Waals surface area contributed by atoms with Crippen molar-refractivity contribution in [3.63, 3.8) is 0 Å². The summed E-state index contributed by atoms with van der Waals surface area (Å²) in [5.41, 5.74) is 1.96. The molecule has 2 aromatic carbocycles. The molecule has 0 amide bonds. The van der Waals surface area contributed by atoms with E-state index in [0.717, 1.165) is 22.7 Å². The van der Waals surface area contributed by atoms with Crippen molar-refractivity contribution < 1.29 is 14.3 Å². The number of carbonyl (C=O) groups is 1. The number of ketones is 1. The Hall–Kier alpha value is -2.49. The van der Waals surface area contributed by atoms with Crippen molar-refractivity contribution in [2.75, 3.05) is 12.4 Å². The van der Waals surface area contributed by atoms with E-state index in [1.54, 1.807) is 7.11 Å². The van der Waals surface area contributed by atoms with Gasteiger partial charge in [0.25, 0.3) is 0 Å². The first-order valence-electron chi connectivity index (χ1n) is 7.45. The van der Waals surface area contributed by atoms with Gasteiger partial charge in [-0.2, -0.15) is 0 Å². The second-order valence-corrected chi connectivity index (χ2v) is 5.74. The van der Waals surface area contributed by atoms with Crippen molar-refractivity contribution >= 4 is 11.5 Å². The molecule has 1 saturated carbocycles. The molecule has 0 unspecified atom stereocenters. The number of carbonyl (C=O) groups excluding carboxylic acids is 1. The van der Waals surface area contributed by atoms with Gasteiger partial charge in [0.05, 0.1) is 24.8 Å². The van der Waals surface area contributed by atoms with E-state index in [4.69, 9.17) is 9.47 Å². The van der Waals surface area contributed by atoms with Crippen molar-refractivity contribution in [3.05, 3.63) is 54.1 Å². The Balaban J connectivity index is 1.67. The summed E-state index contributed by atoms with van der Waals surface area (Å²) in [7, 11) is 1.64. The summed E-state index contributed by atoms with van der Waals surface area (Å²) in [4.78, 5) is 12.5. The first kappa shape index (κ1) is 13.2. The molecule has 2 aliphatic rings. The summed E-state index contributed by atoms with van der Waals surface area (Å²) in [5, 5.41) is 3.49. The second-order valence-electron chi connectivity index (χ2n) is 5.74. The lowest BCUT2D eigenvalue weighted by Crippen LogP contribution is -2.40. The monoisotopic (exact) mass is 295 g/mol. The highest BCUT2D eigenvalue weighted by Gasteiger charge is 2.47. The van der Waals surface area contributed by atoms with Gasteiger partial charge in [-0.15, -0.1) is 0 Å². The van der Waals surface area contributed by atoms with Crippen LogP contribution in [0.3, 0.4) is 0 Å². The van der Waals surface area contributed by atoms with Crippen molar-refractivity contribution in [2.24, 2.45) is 0 Å². The predicted octanol–water partition coefficient (Wildman–Crippen LogP) is 2.99. The quantitative estimate of drug-likeness (QED) is 0.925. The summed E-state index contributed by atoms with van der Waals surface area (Å²) in [6.07, 6.45) is 0.345. The topological polar surface area (TPSA) is 47.6 Å². The Labute approximate surface area is 129 Å². The standard InChI is InChI=1S/C18H17NO3/c1-21-12-8-6-11(7-9-12)17-14(20)10-16-18(17)19-13-4-2-3-5-15(13)22-16/h2-9,16-19H,10H2,1H3/t16-,17-,18-/m1/s1. The molecule has 2 aromatic rings. The number of anilines is 1. The van der Waals surface area contributed by atoms with Gasteiger partial charge in [0.15, 0.2) is 0 Å². The number of Topliss-reactive ketones (excluding diaryl/α,β-unsaturated/α-hetero) is 1. The number of rotatable bonds is 2. The molecule has 4 rings (SSSR count). The number of fused-ring (bicyclic) bond motifs is 2. The molecular formula is C18H17NO3. The highest BCUT2D eigenvalue weighted by molar-refractivity contribution is 5.91. The van der Waals surface area contributed by atoms with Crippen molar-refractivity contribution in [2.45, 2.75) is 24.5 Å². The van der Waals surface area contributed by atoms with Gasteiger partial charge < -0.3 is 14.8 Å². The third-order valence-corrected chi connectivity index (χ3v) is 4.47. The van der Waals surface area contributed by atoms with Gasteiger partial charge >= 0.3 is 0 Å². The van der Waals surface area contributed by atoms with Gasteiger partial charge in [-0.25, -0.2) is 0 Å². The van der Waals surface area contributed by atoms with Crippen LogP contribution in [0.1, 0.15) is 17.9 Å². The minimum atomic E-state index is -0.177. The zero-order chi connectivity index (χ0) is 15.1. The third kappa shape index (κ3) is 2.03. The maximum Gasteiger partial charge on any atom is 0.146 e. The summed E-state index contributed by atoms with van der Waals surface area (Å²) in [5.74, 6) is 1.67. The van der Waals surface area contributed by atoms with Crippen LogP contribution in [0.5, 0.6) is 11.5 Å². The van der Waals surface area contributed by atoms with Crippen LogP contribution in [0, 0.1) is 0 Å². The number of nitrogens with one attached hydrogen (secondary N) is 1. The van der Waals surface area contributed by atoms with E-state index in [9.17, 15) is 4.79 Å². The van der Waals surface area contributed by atoms with Gasteiger partial charge in [0.1, 0.15) is 23.4 Å². The fourth-order valence-electron chi connectivity index (χ4n) is 3.39. The molecule has 1 aliphatic heterocycles. The third-order valence-electron chi connectivity index (χ3n) is 4.47. The molecule has 0 bridgehead atoms. The average molecular weight is 295 g/mol. The van der Waals surface area contributed by atoms with Crippen molar-refractivity contribution in [1.29, 1.82) is 0 Å². The SMILES string of the molecule is COc1ccc([C@@H]2C(=O)C[C@H]3Oc4ccccc4N[C@H]32)cc1. The summed E-state index contributed by atoms with van der Waals surface area (Å²) in [6.45, 7) is 0. The van der Waals surface area contributed by atoms with Crippen LogP contribution < -0.4 is 14.8 Å². The molecule has 1 heterocycles. The first-order chi connectivity index (χ1) is 10.8. The summed E-state index contributed by atoms with van der Waals surface area (Å²) in [6, 6.07) is 15.5. The molecule has 3 atom stereocenters. The highest BCUT2D eigenvalue weighted by atomic mass is 16.5. The van der Waals surface area contributed by atoms with E-state index in [-0.39, 0.29) is 23.8 Å². The lowest BCUT2D eigenvalue weighted by atomic mass is 9.92. The van der Waals surface area contributed by atoms with Crippen molar-refractivity contribution in [1.82, 2.24) is 0 Å². The number of benzene rings is 2. The molecule has 4 nitrogen and oxygen atoms in total. The minimum Gasteiger partial charge on any atom is -0.497 e. The molecule has 112 valence electrons. The Kier molecular flexibility index (Phi) is 3.03. The fourth-order valence-corrected chi connectivity index (χ4v) is 3.39. The molecule has 0 saturated heterocycles. The van der Waals surface area contributed by atoms with Gasteiger partial charge in [0, 0.05) is 6.42 Å². The van der Waals surface area contributed by atoms with E-state index in [1.165, 1.54) is 0 Å². The van der Waals surface area contributed by atoms with E-state index in [2.05, 4.69) is 5.32 Å². The zero-order valence-electron chi connectivity index (χ0n) is 12.3. The van der Waals surface area contributed by atoms with E-state index in [0.29, 0.717) is 6.42 Å². The second kappa shape index (κ2) is 5.05. The Morgan fingerprint density at radius 1 is 1.14 bits per heavy atom. The lowest BCUT2D eigenvalue weighted by molar-refractivity contribution is -0.119. The maximum absolute atomic E-state index is 12.5. The Morgan fingerprint density at radius 3 is 2.68 bits per heavy atom. The largest absolute Gasteiger partial charge is 0.497 e. The predicted molar refractivity (Wildman–Crippen MR) is 83.6 cm³/mol. The molecule has 1 N–H and O–H groups in total. The van der Waals surface area contributed by atoms with Crippen LogP contribution in [0.4, 0.5) is 5.69 Å². The Bertz CT molecular complexity index is 711. The summed E-state index contributed by atoms with van der Waals surface area (Å²) >= 11 is 0. The molecule has 1 fully saturated rings. The summed E-state index contributed by atoms with van der Waals surface area (Å²) < 4.78 is 11.2. The van der Waals surface area contributed by atoms with Crippen LogP contribution in [0.25, 0.3) is 0 Å². The molecule has 4 heteroatoms. The fraction of sp³-hybridized carbons (Fsp3) is 0.278. The smallest absolute Gasteiger partial charge is 0.146 e. The minimum absolute atomic E-state index is 0.0178. The van der Waals surface area contributed by atoms with Crippen LogP contribution in [0.2, 0.25) is 0 Å². The number of hydrogen-bond acceptors (Lipinski definition) is 4. The molecular weight excluding hydrogens is 278 g/mol. The van der Waals surface area contributed by atoms with Gasteiger partial charge in [0.2, 0.25) is 0 Å². The van der Waals surface area contributed by atoms with E-state index in [1.807, 2.05) is 48.5 Å². The molecule has 22 heavy (non-hydrogen) atoms. The van der Waals surface area contributed by atoms with Crippen LogP contribution >= 0.6 is 0 Å². The van der Waals surface area contributed by atoms with E-state index < -0.39 is 0 Å². The molecule has 0 radical (unpaired) electrons. The average Bonchev–Trinajstić information content (AvgIpc) is 2.87. The maximum atomic E-state index is 12.5. The normalized spacial score (nSPS) is 25.7. The first-order valence-corrected chi connectivity index (χ1v) is 7.45. The molecule has 0 aromatic heterocycles. The number of hydrogen-bond donors (Lipinski definition) is 1. The van der Waals surface area contributed by atoms with Crippen LogP contribution in [-0.2, 0) is 4.79 Å². The van der Waals surface area contributed by atoms with Crippen LogP contribution in [-0.4, -0.2) is 25.0 Å². The van der Waals surface area contributed by atoms with Crippen molar-refractivity contribution in [3.8, 4) is 11.5 Å².